The summed E-state index contributed by atoms with van der Waals surface area (Å²) >= 11 is 0. The Hall–Kier alpha value is -3.60. The number of cyclic esters (lactones) is 1. The highest BCUT2D eigenvalue weighted by molar-refractivity contribution is 5.89. The summed E-state index contributed by atoms with van der Waals surface area (Å²) in [5.74, 6) is 0.708. The Morgan fingerprint density at radius 3 is 2.73 bits per heavy atom. The number of benzene rings is 1. The van der Waals surface area contributed by atoms with Crippen molar-refractivity contribution in [2.24, 2.45) is 0 Å². The van der Waals surface area contributed by atoms with Crippen molar-refractivity contribution in [2.45, 2.75) is 32.0 Å². The third-order valence-electron chi connectivity index (χ3n) is 4.60. The number of aromatic nitrogens is 4. The van der Waals surface area contributed by atoms with Gasteiger partial charge in [-0.25, -0.2) is 14.2 Å². The van der Waals surface area contributed by atoms with Gasteiger partial charge in [0, 0.05) is 11.8 Å². The molecular formula is C19H19FN6O4. The lowest BCUT2D eigenvalue weighted by Crippen LogP contribution is -2.41. The molecule has 0 unspecified atom stereocenters. The van der Waals surface area contributed by atoms with E-state index in [1.54, 1.807) is 32.0 Å². The van der Waals surface area contributed by atoms with Crippen molar-refractivity contribution in [1.82, 2.24) is 20.2 Å². The third kappa shape index (κ3) is 3.92. The number of amides is 1. The lowest BCUT2D eigenvalue weighted by molar-refractivity contribution is 0.142. The van der Waals surface area contributed by atoms with Crippen LogP contribution in [-0.2, 0) is 4.74 Å². The van der Waals surface area contributed by atoms with Crippen molar-refractivity contribution in [1.29, 1.82) is 0 Å². The Morgan fingerprint density at radius 1 is 1.23 bits per heavy atom. The number of nitrogens with one attached hydrogen (secondary N) is 1. The van der Waals surface area contributed by atoms with Crippen molar-refractivity contribution in [3.8, 4) is 11.5 Å². The summed E-state index contributed by atoms with van der Waals surface area (Å²) in [6, 6.07) is 6.29. The van der Waals surface area contributed by atoms with Crippen molar-refractivity contribution in [3.05, 3.63) is 48.2 Å². The normalized spacial score (nSPS) is 18.2. The number of hydrogen-bond acceptors (Lipinski definition) is 9. The molecule has 156 valence electrons. The van der Waals surface area contributed by atoms with E-state index >= 15 is 0 Å². The maximum atomic E-state index is 13.1. The minimum Gasteiger partial charge on any atom is -0.447 e. The second-order valence-corrected chi connectivity index (χ2v) is 6.81. The first-order valence-electron chi connectivity index (χ1n) is 9.25. The molecule has 3 atom stereocenters. The summed E-state index contributed by atoms with van der Waals surface area (Å²) in [5, 5.41) is 20.9. The number of carbonyl (C=O) groups excluding carboxylic acids is 1. The molecule has 10 nitrogen and oxygen atoms in total. The number of anilines is 2. The monoisotopic (exact) mass is 414 g/mol. The molecule has 30 heavy (non-hydrogen) atoms. The van der Waals surface area contributed by atoms with Gasteiger partial charge in [0.15, 0.2) is 0 Å². The first-order valence-corrected chi connectivity index (χ1v) is 9.25. The Morgan fingerprint density at radius 2 is 2.00 bits per heavy atom. The molecule has 0 spiro atoms. The summed E-state index contributed by atoms with van der Waals surface area (Å²) in [4.78, 5) is 21.8. The van der Waals surface area contributed by atoms with Crippen LogP contribution in [0.4, 0.5) is 21.0 Å². The zero-order valence-corrected chi connectivity index (χ0v) is 16.2. The molecular weight excluding hydrogens is 395 g/mol. The average Bonchev–Trinajstić information content (AvgIpc) is 3.36. The van der Waals surface area contributed by atoms with E-state index < -0.39 is 24.3 Å². The summed E-state index contributed by atoms with van der Waals surface area (Å²) in [7, 11) is 0. The van der Waals surface area contributed by atoms with E-state index in [1.165, 1.54) is 23.2 Å². The molecule has 1 aliphatic heterocycles. The van der Waals surface area contributed by atoms with Crippen LogP contribution < -0.4 is 10.2 Å². The zero-order chi connectivity index (χ0) is 21.3. The maximum absolute atomic E-state index is 13.1. The van der Waals surface area contributed by atoms with Crippen molar-refractivity contribution >= 4 is 17.9 Å². The highest BCUT2D eigenvalue weighted by Crippen LogP contribution is 2.26. The molecule has 3 aromatic rings. The fourth-order valence-electron chi connectivity index (χ4n) is 2.98. The first kappa shape index (κ1) is 19.7. The Kier molecular flexibility index (Phi) is 5.27. The second kappa shape index (κ2) is 8.03. The predicted octanol–water partition coefficient (Wildman–Crippen LogP) is 2.54. The van der Waals surface area contributed by atoms with E-state index in [-0.39, 0.29) is 30.2 Å². The smallest absolute Gasteiger partial charge is 0.416 e. The summed E-state index contributed by atoms with van der Waals surface area (Å²) in [6.45, 7) is 3.44. The van der Waals surface area contributed by atoms with Gasteiger partial charge in [-0.3, -0.25) is 4.90 Å². The molecule has 2 aromatic heterocycles. The van der Waals surface area contributed by atoms with Crippen molar-refractivity contribution in [3.63, 3.8) is 0 Å². The lowest BCUT2D eigenvalue weighted by Gasteiger charge is -2.22. The zero-order valence-electron chi connectivity index (χ0n) is 16.2. The number of rotatable bonds is 6. The van der Waals surface area contributed by atoms with Crippen LogP contribution in [0.15, 0.2) is 40.9 Å². The number of aliphatic hydroxyl groups excluding tert-OH is 1. The van der Waals surface area contributed by atoms with Crippen LogP contribution in [0.5, 0.6) is 0 Å². The number of ether oxygens (including phenoxy) is 1. The molecule has 4 rings (SSSR count). The van der Waals surface area contributed by atoms with E-state index in [0.29, 0.717) is 11.4 Å². The van der Waals surface area contributed by atoms with Gasteiger partial charge < -0.3 is 19.6 Å². The van der Waals surface area contributed by atoms with Crippen LogP contribution in [-0.4, -0.2) is 50.1 Å². The van der Waals surface area contributed by atoms with Crippen molar-refractivity contribution < 1.29 is 23.4 Å². The highest BCUT2D eigenvalue weighted by Gasteiger charge is 2.38. The van der Waals surface area contributed by atoms with Crippen molar-refractivity contribution in [2.75, 3.05) is 16.8 Å². The minimum atomic E-state index is -0.787. The minimum absolute atomic E-state index is 0.0772. The number of hydrogen-bond donors (Lipinski definition) is 2. The molecule has 2 N–H and O–H groups in total. The van der Waals surface area contributed by atoms with Crippen LogP contribution in [0.3, 0.4) is 0 Å². The van der Waals surface area contributed by atoms with Crippen LogP contribution in [0.2, 0.25) is 0 Å². The predicted molar refractivity (Wildman–Crippen MR) is 103 cm³/mol. The molecule has 1 aliphatic rings. The molecule has 1 amide bonds. The lowest BCUT2D eigenvalue weighted by atomic mass is 10.2. The number of carbonyl (C=O) groups is 1. The van der Waals surface area contributed by atoms with Crippen LogP contribution in [0, 0.1) is 5.82 Å². The first-order chi connectivity index (χ1) is 14.4. The summed E-state index contributed by atoms with van der Waals surface area (Å²) in [6.07, 6.45) is 0.115. The van der Waals surface area contributed by atoms with E-state index in [9.17, 15) is 14.3 Å². The standard InChI is InChI=1S/C19H19FN6O4/c1-10(16-24-25-17(30-16)12-3-5-13(20)6-4-12)22-18-21-8-7-15(23-18)26-14(11(2)27)9-29-19(26)28/h3-8,10-11,14,27H,9H2,1-2H3,(H,21,22,23)/t10-,11+,14+/m0/s1. The second-order valence-electron chi connectivity index (χ2n) is 6.81. The van der Waals surface area contributed by atoms with E-state index in [2.05, 4.69) is 25.5 Å². The molecule has 3 heterocycles. The fraction of sp³-hybridized carbons (Fsp3) is 0.316. The maximum Gasteiger partial charge on any atom is 0.416 e. The van der Waals surface area contributed by atoms with Gasteiger partial charge in [0.1, 0.15) is 30.3 Å². The molecule has 0 aliphatic carbocycles. The van der Waals surface area contributed by atoms with Gasteiger partial charge in [0.05, 0.1) is 6.10 Å². The molecule has 1 aromatic carbocycles. The van der Waals surface area contributed by atoms with Gasteiger partial charge in [-0.05, 0) is 44.2 Å². The Labute approximate surface area is 170 Å². The van der Waals surface area contributed by atoms with E-state index in [1.807, 2.05) is 0 Å². The topological polar surface area (TPSA) is 127 Å². The average molecular weight is 414 g/mol. The van der Waals surface area contributed by atoms with Crippen LogP contribution in [0.25, 0.3) is 11.5 Å². The largest absolute Gasteiger partial charge is 0.447 e. The molecule has 0 saturated carbocycles. The summed E-state index contributed by atoms with van der Waals surface area (Å²) < 4.78 is 23.8. The van der Waals surface area contributed by atoms with Gasteiger partial charge in [0.25, 0.3) is 0 Å². The molecule has 1 saturated heterocycles. The van der Waals surface area contributed by atoms with Gasteiger partial charge in [-0.1, -0.05) is 0 Å². The third-order valence-corrected chi connectivity index (χ3v) is 4.60. The fourth-order valence-corrected chi connectivity index (χ4v) is 2.98. The number of halogens is 1. The van der Waals surface area contributed by atoms with E-state index in [4.69, 9.17) is 9.15 Å². The Balaban J connectivity index is 1.50. The quantitative estimate of drug-likeness (QED) is 0.625. The number of nitrogens with zero attached hydrogens (tertiary/aromatic N) is 5. The SMILES string of the molecule is C[C@H](Nc1nccc(N2C(=O)OC[C@@H]2[C@@H](C)O)n1)c1nnc(-c2ccc(F)cc2)o1. The van der Waals surface area contributed by atoms with E-state index in [0.717, 1.165) is 0 Å². The van der Waals surface area contributed by atoms with Gasteiger partial charge >= 0.3 is 6.09 Å². The van der Waals surface area contributed by atoms with Crippen LogP contribution >= 0.6 is 0 Å². The van der Waals surface area contributed by atoms with Crippen LogP contribution in [0.1, 0.15) is 25.8 Å². The molecule has 0 radical (unpaired) electrons. The summed E-state index contributed by atoms with van der Waals surface area (Å²) in [5.41, 5.74) is 0.595. The molecule has 1 fully saturated rings. The highest BCUT2D eigenvalue weighted by atomic mass is 19.1. The van der Waals surface area contributed by atoms with Gasteiger partial charge in [-0.2, -0.15) is 4.98 Å². The van der Waals surface area contributed by atoms with Gasteiger partial charge in [-0.15, -0.1) is 10.2 Å². The number of aliphatic hydroxyl groups is 1. The Bertz CT molecular complexity index is 1040. The van der Waals surface area contributed by atoms with Gasteiger partial charge in [0.2, 0.25) is 17.7 Å². The molecule has 0 bridgehead atoms. The molecule has 11 heteroatoms.